The van der Waals surface area contributed by atoms with Gasteiger partial charge in [-0.1, -0.05) is 29.9 Å². The number of hydrogen-bond donors (Lipinski definition) is 0. The van der Waals surface area contributed by atoms with E-state index >= 15 is 0 Å². The molecule has 5 rings (SSSR count). The van der Waals surface area contributed by atoms with E-state index in [1.54, 1.807) is 11.3 Å². The van der Waals surface area contributed by atoms with Gasteiger partial charge in [0.2, 0.25) is 0 Å². The van der Waals surface area contributed by atoms with Crippen LogP contribution in [0, 0.1) is 0 Å². The summed E-state index contributed by atoms with van der Waals surface area (Å²) >= 11 is 1.56. The van der Waals surface area contributed by atoms with Crippen molar-refractivity contribution in [2.75, 3.05) is 13.1 Å². The molecule has 132 valence electrons. The number of hydrogen-bond acceptors (Lipinski definition) is 5. The molecule has 0 N–H and O–H groups in total. The van der Waals surface area contributed by atoms with Crippen molar-refractivity contribution in [3.8, 4) is 10.9 Å². The molecule has 0 saturated carbocycles. The summed E-state index contributed by atoms with van der Waals surface area (Å²) in [5, 5.41) is 1.83. The molecule has 0 aliphatic carbocycles. The number of para-hydroxylation sites is 1. The summed E-state index contributed by atoms with van der Waals surface area (Å²) in [5.74, 6) is 0.760. The molecule has 4 nitrogen and oxygen atoms in total. The number of piperidine rings is 1. The topological polar surface area (TPSA) is 38.5 Å². The second-order valence-corrected chi connectivity index (χ2v) is 7.80. The lowest BCUT2D eigenvalue weighted by Crippen LogP contribution is -2.28. The molecule has 3 heterocycles. The molecule has 1 fully saturated rings. The van der Waals surface area contributed by atoms with Crippen LogP contribution in [0.15, 0.2) is 53.1 Å². The minimum Gasteiger partial charge on any atom is -0.464 e. The molecule has 26 heavy (non-hydrogen) atoms. The van der Waals surface area contributed by atoms with Crippen molar-refractivity contribution in [3.63, 3.8) is 0 Å². The summed E-state index contributed by atoms with van der Waals surface area (Å²) in [6, 6.07) is 14.1. The fraction of sp³-hybridized carbons (Fsp3) is 0.286. The predicted octanol–water partition coefficient (Wildman–Crippen LogP) is 5.82. The fourth-order valence-electron chi connectivity index (χ4n) is 3.60. The van der Waals surface area contributed by atoms with Gasteiger partial charge in [-0.15, -0.1) is 0 Å². The quantitative estimate of drug-likeness (QED) is 0.457. The van der Waals surface area contributed by atoms with Crippen LogP contribution in [0.4, 0.5) is 0 Å². The minimum absolute atomic E-state index is 0.658. The minimum atomic E-state index is 0.658. The Morgan fingerprint density at radius 3 is 2.85 bits per heavy atom. The van der Waals surface area contributed by atoms with Crippen molar-refractivity contribution in [1.29, 1.82) is 0 Å². The number of aromatic nitrogens is 1. The van der Waals surface area contributed by atoms with E-state index in [0.717, 1.165) is 28.1 Å². The van der Waals surface area contributed by atoms with E-state index in [1.807, 2.05) is 36.6 Å². The molecule has 2 aromatic heterocycles. The smallest absolute Gasteiger partial charge is 0.279 e. The Morgan fingerprint density at radius 2 is 1.96 bits per heavy atom. The first-order chi connectivity index (χ1) is 12.8. The van der Waals surface area contributed by atoms with E-state index in [0.29, 0.717) is 5.19 Å². The standard InChI is InChI=1S/C21H20N2O2S/c1-4-10-23(11-5-1)13-15-14-24-19-12-16(8-9-17(15)19)25-21-22-18-6-2-3-7-20(18)26-21/h2-3,6-9,12,14H,1,4-5,10-11,13H2. The highest BCUT2D eigenvalue weighted by Crippen LogP contribution is 2.33. The number of rotatable bonds is 4. The molecule has 0 spiro atoms. The molecule has 0 amide bonds. The van der Waals surface area contributed by atoms with Gasteiger partial charge in [0.15, 0.2) is 0 Å². The van der Waals surface area contributed by atoms with Gasteiger partial charge < -0.3 is 9.15 Å². The molecule has 1 saturated heterocycles. The van der Waals surface area contributed by atoms with Gasteiger partial charge in [0.05, 0.1) is 16.5 Å². The first kappa shape index (κ1) is 15.9. The highest BCUT2D eigenvalue weighted by molar-refractivity contribution is 7.20. The van der Waals surface area contributed by atoms with Crippen LogP contribution < -0.4 is 4.74 Å². The van der Waals surface area contributed by atoms with Crippen LogP contribution in [0.25, 0.3) is 21.2 Å². The Bertz CT molecular complexity index is 1010. The van der Waals surface area contributed by atoms with E-state index in [4.69, 9.17) is 9.15 Å². The summed E-state index contributed by atoms with van der Waals surface area (Å²) in [7, 11) is 0. The maximum atomic E-state index is 5.97. The van der Waals surface area contributed by atoms with Crippen LogP contribution in [0.5, 0.6) is 10.9 Å². The number of likely N-dealkylation sites (tertiary alicyclic amines) is 1. The highest BCUT2D eigenvalue weighted by atomic mass is 32.1. The summed E-state index contributed by atoms with van der Waals surface area (Å²) in [5.41, 5.74) is 3.10. The first-order valence-electron chi connectivity index (χ1n) is 9.11. The number of ether oxygens (including phenoxy) is 1. The number of benzene rings is 2. The molecule has 1 aliphatic rings. The van der Waals surface area contributed by atoms with E-state index in [2.05, 4.69) is 22.0 Å². The van der Waals surface area contributed by atoms with Gasteiger partial charge in [-0.25, -0.2) is 4.98 Å². The lowest BCUT2D eigenvalue weighted by Gasteiger charge is -2.25. The van der Waals surface area contributed by atoms with Crippen LogP contribution in [-0.4, -0.2) is 23.0 Å². The van der Waals surface area contributed by atoms with Crippen molar-refractivity contribution in [2.24, 2.45) is 0 Å². The Kier molecular flexibility index (Phi) is 4.11. The van der Waals surface area contributed by atoms with Crippen LogP contribution in [0.1, 0.15) is 24.8 Å². The summed E-state index contributed by atoms with van der Waals surface area (Å²) in [6.45, 7) is 3.34. The number of furan rings is 1. The molecule has 5 heteroatoms. The average Bonchev–Trinajstić information content (AvgIpc) is 3.26. The monoisotopic (exact) mass is 364 g/mol. The van der Waals surface area contributed by atoms with Crippen molar-refractivity contribution in [3.05, 3.63) is 54.3 Å². The second kappa shape index (κ2) is 6.74. The lowest BCUT2D eigenvalue weighted by atomic mass is 10.1. The van der Waals surface area contributed by atoms with Gasteiger partial charge in [0.1, 0.15) is 11.3 Å². The van der Waals surface area contributed by atoms with Crippen LogP contribution in [0.2, 0.25) is 0 Å². The molecule has 0 atom stereocenters. The van der Waals surface area contributed by atoms with Crippen LogP contribution >= 0.6 is 11.3 Å². The van der Waals surface area contributed by atoms with Crippen LogP contribution in [0.3, 0.4) is 0 Å². The molecule has 2 aromatic carbocycles. The zero-order valence-corrected chi connectivity index (χ0v) is 15.3. The third kappa shape index (κ3) is 3.08. The normalized spacial score (nSPS) is 15.7. The van der Waals surface area contributed by atoms with Gasteiger partial charge in [-0.2, -0.15) is 0 Å². The van der Waals surface area contributed by atoms with Gasteiger partial charge >= 0.3 is 0 Å². The summed E-state index contributed by atoms with van der Waals surface area (Å²) < 4.78 is 12.9. The Morgan fingerprint density at radius 1 is 1.08 bits per heavy atom. The summed E-state index contributed by atoms with van der Waals surface area (Å²) in [6.07, 6.45) is 5.85. The third-order valence-electron chi connectivity index (χ3n) is 4.95. The molecular weight excluding hydrogens is 344 g/mol. The maximum Gasteiger partial charge on any atom is 0.279 e. The van der Waals surface area contributed by atoms with Crippen LogP contribution in [-0.2, 0) is 6.54 Å². The zero-order valence-electron chi connectivity index (χ0n) is 14.5. The number of nitrogens with zero attached hydrogens (tertiary/aromatic N) is 2. The molecule has 0 unspecified atom stereocenters. The number of thiazole rings is 1. The van der Waals surface area contributed by atoms with Gasteiger partial charge in [-0.05, 0) is 50.2 Å². The SMILES string of the molecule is c1ccc2sc(Oc3ccc4c(CN5CCCCC5)coc4c3)nc2c1. The van der Waals surface area contributed by atoms with Gasteiger partial charge in [-0.3, -0.25) is 4.90 Å². The first-order valence-corrected chi connectivity index (χ1v) is 9.93. The van der Waals surface area contributed by atoms with E-state index < -0.39 is 0 Å². The zero-order chi connectivity index (χ0) is 17.3. The van der Waals surface area contributed by atoms with Gasteiger partial charge in [0, 0.05) is 23.6 Å². The largest absolute Gasteiger partial charge is 0.464 e. The summed E-state index contributed by atoms with van der Waals surface area (Å²) in [4.78, 5) is 7.04. The number of fused-ring (bicyclic) bond motifs is 2. The van der Waals surface area contributed by atoms with Crippen molar-refractivity contribution < 1.29 is 9.15 Å². The Balaban J connectivity index is 1.38. The van der Waals surface area contributed by atoms with E-state index in [-0.39, 0.29) is 0 Å². The van der Waals surface area contributed by atoms with E-state index in [9.17, 15) is 0 Å². The molecule has 0 bridgehead atoms. The Hall–Kier alpha value is -2.37. The van der Waals surface area contributed by atoms with E-state index in [1.165, 1.54) is 43.3 Å². The highest BCUT2D eigenvalue weighted by Gasteiger charge is 2.15. The maximum absolute atomic E-state index is 5.97. The van der Waals surface area contributed by atoms with Crippen molar-refractivity contribution in [1.82, 2.24) is 9.88 Å². The van der Waals surface area contributed by atoms with Crippen molar-refractivity contribution in [2.45, 2.75) is 25.8 Å². The molecular formula is C21H20N2O2S. The lowest BCUT2D eigenvalue weighted by molar-refractivity contribution is 0.221. The Labute approximate surface area is 156 Å². The second-order valence-electron chi connectivity index (χ2n) is 6.81. The molecule has 0 radical (unpaired) electrons. The third-order valence-corrected chi connectivity index (χ3v) is 5.86. The molecule has 4 aromatic rings. The van der Waals surface area contributed by atoms with Gasteiger partial charge in [0.25, 0.3) is 5.19 Å². The fourth-order valence-corrected chi connectivity index (χ4v) is 4.44. The average molecular weight is 364 g/mol. The predicted molar refractivity (Wildman–Crippen MR) is 105 cm³/mol. The van der Waals surface area contributed by atoms with Crippen molar-refractivity contribution >= 4 is 32.5 Å². The molecule has 1 aliphatic heterocycles.